The molecule has 134 valence electrons. The molecule has 5 heteroatoms. The molecule has 0 saturated carbocycles. The number of hydrogen-bond donors (Lipinski definition) is 1. The van der Waals surface area contributed by atoms with E-state index in [1.54, 1.807) is 14.0 Å². The molecular weight excluding hydrogens is 326 g/mol. The summed E-state index contributed by atoms with van der Waals surface area (Å²) >= 11 is 0. The number of aryl methyl sites for hydroxylation is 1. The van der Waals surface area contributed by atoms with Crippen LogP contribution in [0.2, 0.25) is 0 Å². The van der Waals surface area contributed by atoms with Crippen molar-refractivity contribution >= 4 is 16.6 Å². The van der Waals surface area contributed by atoms with Gasteiger partial charge in [-0.15, -0.1) is 0 Å². The fourth-order valence-corrected chi connectivity index (χ4v) is 3.73. The Morgan fingerprint density at radius 2 is 2.04 bits per heavy atom. The normalized spacial score (nSPS) is 15.0. The zero-order valence-electron chi connectivity index (χ0n) is 15.4. The molecule has 0 radical (unpaired) electrons. The maximum absolute atomic E-state index is 10.1. The lowest BCUT2D eigenvalue weighted by atomic mass is 9.97. The first-order chi connectivity index (χ1) is 12.6. The van der Waals surface area contributed by atoms with Crippen LogP contribution >= 0.6 is 0 Å². The van der Waals surface area contributed by atoms with Crippen molar-refractivity contribution in [3.63, 3.8) is 0 Å². The molecule has 0 aliphatic carbocycles. The van der Waals surface area contributed by atoms with Gasteiger partial charge in [-0.2, -0.15) is 10.2 Å². The molecule has 5 nitrogen and oxygen atoms in total. The molecule has 0 amide bonds. The molecule has 2 heterocycles. The Morgan fingerprint density at radius 1 is 1.19 bits per heavy atom. The smallest absolute Gasteiger partial charge is 0.126 e. The van der Waals surface area contributed by atoms with Gasteiger partial charge in [-0.05, 0) is 37.5 Å². The third kappa shape index (κ3) is 2.88. The summed E-state index contributed by atoms with van der Waals surface area (Å²) in [5.41, 5.74) is 6.68. The second-order valence-electron chi connectivity index (χ2n) is 6.96. The maximum Gasteiger partial charge on any atom is 0.126 e. The lowest BCUT2D eigenvalue weighted by Gasteiger charge is -2.31. The minimum Gasteiger partial charge on any atom is -0.496 e. The van der Waals surface area contributed by atoms with E-state index >= 15 is 0 Å². The van der Waals surface area contributed by atoms with Gasteiger partial charge in [0, 0.05) is 30.1 Å². The number of methoxy groups -OCH3 is 1. The Bertz CT molecular complexity index is 969. The third-order valence-electron chi connectivity index (χ3n) is 5.13. The van der Waals surface area contributed by atoms with Crippen molar-refractivity contribution in [3.05, 3.63) is 58.8 Å². The molecular formula is C21H23N3O2. The average molecular weight is 349 g/mol. The average Bonchev–Trinajstić information content (AvgIpc) is 2.65. The van der Waals surface area contributed by atoms with Gasteiger partial charge in [0.25, 0.3) is 0 Å². The third-order valence-corrected chi connectivity index (χ3v) is 5.13. The number of aliphatic hydroxyl groups is 1. The summed E-state index contributed by atoms with van der Waals surface area (Å²) in [5, 5.41) is 19.6. The summed E-state index contributed by atoms with van der Waals surface area (Å²) in [6.07, 6.45) is 2.22. The van der Waals surface area contributed by atoms with Gasteiger partial charge in [-0.3, -0.25) is 0 Å². The molecule has 1 unspecified atom stereocenters. The number of anilines is 1. The Hall–Kier alpha value is -2.66. The minimum absolute atomic E-state index is 0.611. The highest BCUT2D eigenvalue weighted by atomic mass is 16.5. The number of ether oxygens (including phenoxy) is 1. The molecule has 3 aromatic rings. The number of aromatic nitrogens is 2. The first-order valence-electron chi connectivity index (χ1n) is 8.91. The Balaban J connectivity index is 1.79. The Morgan fingerprint density at radius 3 is 2.81 bits per heavy atom. The second-order valence-corrected chi connectivity index (χ2v) is 6.96. The summed E-state index contributed by atoms with van der Waals surface area (Å²) in [5.74, 6) is 0.637. The minimum atomic E-state index is -0.611. The largest absolute Gasteiger partial charge is 0.496 e. The van der Waals surface area contributed by atoms with Crippen LogP contribution in [0.15, 0.2) is 36.5 Å². The topological polar surface area (TPSA) is 58.5 Å². The summed E-state index contributed by atoms with van der Waals surface area (Å²) < 4.78 is 5.42. The number of fused-ring (bicyclic) bond motifs is 2. The fraction of sp³-hybridized carbons (Fsp3) is 0.333. The van der Waals surface area contributed by atoms with Crippen LogP contribution in [0.4, 0.5) is 5.69 Å². The second kappa shape index (κ2) is 6.57. The highest BCUT2D eigenvalue weighted by molar-refractivity contribution is 5.92. The van der Waals surface area contributed by atoms with E-state index in [0.29, 0.717) is 5.75 Å². The van der Waals surface area contributed by atoms with Crippen LogP contribution in [0.5, 0.6) is 5.75 Å². The molecule has 1 aliphatic heterocycles. The molecule has 0 bridgehead atoms. The molecule has 0 saturated heterocycles. The van der Waals surface area contributed by atoms with Crippen LogP contribution in [0.3, 0.4) is 0 Å². The monoisotopic (exact) mass is 349 g/mol. The van der Waals surface area contributed by atoms with Crippen LogP contribution in [-0.4, -0.2) is 29.0 Å². The predicted molar refractivity (Wildman–Crippen MR) is 103 cm³/mol. The van der Waals surface area contributed by atoms with Crippen molar-refractivity contribution < 1.29 is 9.84 Å². The molecule has 1 aromatic heterocycles. The van der Waals surface area contributed by atoms with Gasteiger partial charge in [0.05, 0.1) is 30.6 Å². The van der Waals surface area contributed by atoms with E-state index in [-0.39, 0.29) is 0 Å². The fourth-order valence-electron chi connectivity index (χ4n) is 3.73. The number of aliphatic hydroxyl groups excluding tert-OH is 1. The lowest BCUT2D eigenvalue weighted by molar-refractivity contribution is 0.194. The summed E-state index contributed by atoms with van der Waals surface area (Å²) in [6.45, 7) is 5.68. The van der Waals surface area contributed by atoms with Crippen LogP contribution in [0.1, 0.15) is 35.3 Å². The number of rotatable bonds is 3. The molecule has 0 fully saturated rings. The Labute approximate surface area is 153 Å². The van der Waals surface area contributed by atoms with Gasteiger partial charge in [0.1, 0.15) is 5.75 Å². The standard InChI is InChI=1S/C21H23N3O2/c1-13-4-5-16-12-24(7-6-15(16)8-13)20-11-22-23-19-10-21(26-3)17(14(2)25)9-18(19)20/h4-5,8-11,14,25H,6-7,12H2,1-3H3. The first-order valence-corrected chi connectivity index (χ1v) is 8.91. The molecule has 0 spiro atoms. The van der Waals surface area contributed by atoms with Crippen molar-refractivity contribution in [1.82, 2.24) is 10.2 Å². The maximum atomic E-state index is 10.1. The van der Waals surface area contributed by atoms with Gasteiger partial charge in [-0.25, -0.2) is 0 Å². The zero-order chi connectivity index (χ0) is 18.3. The number of nitrogens with zero attached hydrogens (tertiary/aromatic N) is 3. The van der Waals surface area contributed by atoms with Crippen LogP contribution in [-0.2, 0) is 13.0 Å². The molecule has 1 atom stereocenters. The van der Waals surface area contributed by atoms with Crippen molar-refractivity contribution in [3.8, 4) is 5.75 Å². The molecule has 2 aromatic carbocycles. The van der Waals surface area contributed by atoms with Crippen LogP contribution < -0.4 is 9.64 Å². The van der Waals surface area contributed by atoms with Gasteiger partial charge < -0.3 is 14.7 Å². The van der Waals surface area contributed by atoms with E-state index in [4.69, 9.17) is 4.74 Å². The summed E-state index contributed by atoms with van der Waals surface area (Å²) in [4.78, 5) is 2.34. The Kier molecular flexibility index (Phi) is 4.24. The molecule has 1 N–H and O–H groups in total. The van der Waals surface area contributed by atoms with Gasteiger partial charge in [0.2, 0.25) is 0 Å². The van der Waals surface area contributed by atoms with E-state index in [9.17, 15) is 5.11 Å². The quantitative estimate of drug-likeness (QED) is 0.783. The van der Waals surface area contributed by atoms with Crippen molar-refractivity contribution in [2.24, 2.45) is 0 Å². The van der Waals surface area contributed by atoms with E-state index in [2.05, 4.69) is 40.2 Å². The summed E-state index contributed by atoms with van der Waals surface area (Å²) in [7, 11) is 1.61. The lowest BCUT2D eigenvalue weighted by Crippen LogP contribution is -2.30. The molecule has 4 rings (SSSR count). The van der Waals surface area contributed by atoms with Crippen LogP contribution in [0, 0.1) is 6.92 Å². The van der Waals surface area contributed by atoms with E-state index in [1.165, 1.54) is 16.7 Å². The van der Waals surface area contributed by atoms with E-state index in [1.807, 2.05) is 18.3 Å². The SMILES string of the molecule is COc1cc2nncc(N3CCc4cc(C)ccc4C3)c2cc1C(C)O. The number of hydrogen-bond acceptors (Lipinski definition) is 5. The van der Waals surface area contributed by atoms with Gasteiger partial charge in [0.15, 0.2) is 0 Å². The highest BCUT2D eigenvalue weighted by Gasteiger charge is 2.20. The zero-order valence-corrected chi connectivity index (χ0v) is 15.4. The first kappa shape index (κ1) is 16.8. The van der Waals surface area contributed by atoms with E-state index in [0.717, 1.165) is 41.7 Å². The summed E-state index contributed by atoms with van der Waals surface area (Å²) in [6, 6.07) is 10.5. The number of benzene rings is 2. The molecule has 26 heavy (non-hydrogen) atoms. The van der Waals surface area contributed by atoms with Gasteiger partial charge >= 0.3 is 0 Å². The highest BCUT2D eigenvalue weighted by Crippen LogP contribution is 2.35. The van der Waals surface area contributed by atoms with Crippen molar-refractivity contribution in [2.75, 3.05) is 18.6 Å². The molecule has 1 aliphatic rings. The van der Waals surface area contributed by atoms with Crippen molar-refractivity contribution in [1.29, 1.82) is 0 Å². The van der Waals surface area contributed by atoms with E-state index < -0.39 is 6.10 Å². The van der Waals surface area contributed by atoms with Gasteiger partial charge in [-0.1, -0.05) is 23.8 Å². The van der Waals surface area contributed by atoms with Crippen molar-refractivity contribution in [2.45, 2.75) is 32.9 Å². The van der Waals surface area contributed by atoms with Crippen LogP contribution in [0.25, 0.3) is 10.9 Å². The predicted octanol–water partition coefficient (Wildman–Crippen LogP) is 3.56.